The van der Waals surface area contributed by atoms with Crippen molar-refractivity contribution in [2.24, 2.45) is 0 Å². The first-order chi connectivity index (χ1) is 8.13. The number of carbonyl (C=O) groups is 2. The number of amides is 2. The van der Waals surface area contributed by atoms with Crippen LogP contribution in [0.15, 0.2) is 34.0 Å². The van der Waals surface area contributed by atoms with Crippen LogP contribution in [0, 0.1) is 11.3 Å². The van der Waals surface area contributed by atoms with Gasteiger partial charge < -0.3 is 4.42 Å². The van der Waals surface area contributed by atoms with Crippen LogP contribution in [0.4, 0.5) is 0 Å². The van der Waals surface area contributed by atoms with Gasteiger partial charge in [-0.3, -0.25) is 14.5 Å². The molecule has 0 aliphatic carbocycles. The first kappa shape index (κ1) is 11.1. The predicted molar refractivity (Wildman–Crippen MR) is 57.2 cm³/mol. The Labute approximate surface area is 97.9 Å². The third kappa shape index (κ3) is 1.97. The summed E-state index contributed by atoms with van der Waals surface area (Å²) in [6.45, 7) is 1.70. The fourth-order valence-corrected chi connectivity index (χ4v) is 1.70. The van der Waals surface area contributed by atoms with Gasteiger partial charge in [0.25, 0.3) is 5.91 Å². The van der Waals surface area contributed by atoms with Gasteiger partial charge in [-0.25, -0.2) is 0 Å². The van der Waals surface area contributed by atoms with E-state index < -0.39 is 5.91 Å². The topological polar surface area (TPSA) is 74.3 Å². The molecule has 5 heteroatoms. The van der Waals surface area contributed by atoms with Crippen molar-refractivity contribution < 1.29 is 14.0 Å². The van der Waals surface area contributed by atoms with Crippen molar-refractivity contribution in [1.29, 1.82) is 5.26 Å². The first-order valence-corrected chi connectivity index (χ1v) is 5.10. The summed E-state index contributed by atoms with van der Waals surface area (Å²) in [5.41, 5.74) is 0.578. The van der Waals surface area contributed by atoms with Gasteiger partial charge in [0.1, 0.15) is 17.4 Å². The van der Waals surface area contributed by atoms with Gasteiger partial charge in [0.05, 0.1) is 12.8 Å². The van der Waals surface area contributed by atoms with Gasteiger partial charge in [0, 0.05) is 6.42 Å². The Balaban J connectivity index is 2.28. The normalized spacial score (nSPS) is 16.4. The molecule has 0 saturated heterocycles. The van der Waals surface area contributed by atoms with E-state index in [1.54, 1.807) is 19.1 Å². The second-order valence-corrected chi connectivity index (χ2v) is 3.81. The van der Waals surface area contributed by atoms with Crippen LogP contribution in [0.5, 0.6) is 0 Å². The van der Waals surface area contributed by atoms with Gasteiger partial charge >= 0.3 is 0 Å². The Kier molecular flexibility index (Phi) is 2.79. The number of carbonyl (C=O) groups excluding carboxylic acids is 2. The summed E-state index contributed by atoms with van der Waals surface area (Å²) in [5.74, 6) is -0.330. The molecule has 17 heavy (non-hydrogen) atoms. The Morgan fingerprint density at radius 3 is 2.88 bits per heavy atom. The summed E-state index contributed by atoms with van der Waals surface area (Å²) in [7, 11) is 0. The number of rotatable bonds is 2. The zero-order chi connectivity index (χ0) is 12.4. The highest BCUT2D eigenvalue weighted by atomic mass is 16.3. The third-order valence-electron chi connectivity index (χ3n) is 2.61. The minimum Gasteiger partial charge on any atom is -0.467 e. The summed E-state index contributed by atoms with van der Waals surface area (Å²) in [6, 6.07) is 5.20. The van der Waals surface area contributed by atoms with Crippen molar-refractivity contribution in [3.8, 4) is 6.07 Å². The van der Waals surface area contributed by atoms with Gasteiger partial charge in [-0.2, -0.15) is 5.26 Å². The quantitative estimate of drug-likeness (QED) is 0.719. The number of nitrogens with zero attached hydrogens (tertiary/aromatic N) is 2. The van der Waals surface area contributed by atoms with Gasteiger partial charge in [0.15, 0.2) is 0 Å². The highest BCUT2D eigenvalue weighted by Crippen LogP contribution is 2.21. The van der Waals surface area contributed by atoms with Gasteiger partial charge in [-0.1, -0.05) is 0 Å². The lowest BCUT2D eigenvalue weighted by Gasteiger charge is -2.24. The lowest BCUT2D eigenvalue weighted by atomic mass is 10.0. The van der Waals surface area contributed by atoms with Crippen molar-refractivity contribution in [3.63, 3.8) is 0 Å². The zero-order valence-corrected chi connectivity index (χ0v) is 9.27. The SMILES string of the molecule is CC1=C(C#N)C(=O)N(Cc2ccco2)C(=O)C1. The van der Waals surface area contributed by atoms with Crippen molar-refractivity contribution in [1.82, 2.24) is 4.90 Å². The maximum absolute atomic E-state index is 11.9. The molecular weight excluding hydrogens is 220 g/mol. The van der Waals surface area contributed by atoms with E-state index in [1.807, 2.05) is 6.07 Å². The van der Waals surface area contributed by atoms with E-state index in [-0.39, 0.29) is 24.4 Å². The fraction of sp³-hybridized carbons (Fsp3) is 0.250. The lowest BCUT2D eigenvalue weighted by Crippen LogP contribution is -2.40. The van der Waals surface area contributed by atoms with Crippen molar-refractivity contribution in [2.45, 2.75) is 19.9 Å². The number of hydrogen-bond acceptors (Lipinski definition) is 4. The van der Waals surface area contributed by atoms with Crippen LogP contribution in [0.3, 0.4) is 0 Å². The minimum atomic E-state index is -0.544. The van der Waals surface area contributed by atoms with Crippen molar-refractivity contribution in [3.05, 3.63) is 35.3 Å². The van der Waals surface area contributed by atoms with Gasteiger partial charge in [-0.15, -0.1) is 0 Å². The molecule has 0 saturated carbocycles. The molecule has 0 fully saturated rings. The molecule has 0 bridgehead atoms. The summed E-state index contributed by atoms with van der Waals surface area (Å²) in [4.78, 5) is 24.7. The van der Waals surface area contributed by atoms with E-state index in [0.29, 0.717) is 11.3 Å². The third-order valence-corrected chi connectivity index (χ3v) is 2.61. The molecule has 0 aromatic carbocycles. The minimum absolute atomic E-state index is 0.0520. The molecule has 0 spiro atoms. The summed E-state index contributed by atoms with van der Waals surface area (Å²) >= 11 is 0. The van der Waals surface area contributed by atoms with Crippen LogP contribution < -0.4 is 0 Å². The van der Waals surface area contributed by atoms with Crippen molar-refractivity contribution in [2.75, 3.05) is 0 Å². The Morgan fingerprint density at radius 1 is 1.53 bits per heavy atom. The molecule has 1 aliphatic heterocycles. The van der Waals surface area contributed by atoms with E-state index in [1.165, 1.54) is 6.26 Å². The Morgan fingerprint density at radius 2 is 2.29 bits per heavy atom. The molecule has 0 N–H and O–H groups in total. The van der Waals surface area contributed by atoms with Crippen LogP contribution in [0.1, 0.15) is 19.1 Å². The van der Waals surface area contributed by atoms with E-state index in [2.05, 4.69) is 0 Å². The molecular formula is C12H10N2O3. The van der Waals surface area contributed by atoms with Gasteiger partial charge in [0.2, 0.25) is 5.91 Å². The van der Waals surface area contributed by atoms with E-state index in [4.69, 9.17) is 9.68 Å². The Bertz CT molecular complexity index is 535. The average Bonchev–Trinajstić information content (AvgIpc) is 2.77. The standard InChI is InChI=1S/C12H10N2O3/c1-8-5-11(15)14(12(16)10(8)6-13)7-9-3-2-4-17-9/h2-4H,5,7H2,1H3. The summed E-state index contributed by atoms with van der Waals surface area (Å²) in [5, 5.41) is 8.87. The first-order valence-electron chi connectivity index (χ1n) is 5.10. The molecule has 0 radical (unpaired) electrons. The Hall–Kier alpha value is -2.35. The van der Waals surface area contributed by atoms with E-state index >= 15 is 0 Å². The number of furan rings is 1. The van der Waals surface area contributed by atoms with Crippen LogP contribution in [-0.2, 0) is 16.1 Å². The second kappa shape index (κ2) is 4.26. The second-order valence-electron chi connectivity index (χ2n) is 3.81. The molecule has 2 heterocycles. The molecule has 0 unspecified atom stereocenters. The lowest BCUT2D eigenvalue weighted by molar-refractivity contribution is -0.144. The monoisotopic (exact) mass is 230 g/mol. The molecule has 1 aromatic heterocycles. The van der Waals surface area contributed by atoms with Crippen LogP contribution in [0.2, 0.25) is 0 Å². The predicted octanol–water partition coefficient (Wildman–Crippen LogP) is 1.38. The molecule has 1 aliphatic rings. The summed E-state index contributed by atoms with van der Waals surface area (Å²) < 4.78 is 5.08. The number of imide groups is 1. The number of hydrogen-bond donors (Lipinski definition) is 0. The molecule has 2 amide bonds. The molecule has 0 atom stereocenters. The van der Waals surface area contributed by atoms with Crippen molar-refractivity contribution >= 4 is 11.8 Å². The van der Waals surface area contributed by atoms with Crippen LogP contribution in [0.25, 0.3) is 0 Å². The molecule has 5 nitrogen and oxygen atoms in total. The largest absolute Gasteiger partial charge is 0.467 e. The van der Waals surface area contributed by atoms with Crippen LogP contribution >= 0.6 is 0 Å². The van der Waals surface area contributed by atoms with Crippen LogP contribution in [-0.4, -0.2) is 16.7 Å². The van der Waals surface area contributed by atoms with E-state index in [0.717, 1.165) is 4.90 Å². The average molecular weight is 230 g/mol. The molecule has 1 aromatic rings. The van der Waals surface area contributed by atoms with Gasteiger partial charge in [-0.05, 0) is 24.6 Å². The zero-order valence-electron chi connectivity index (χ0n) is 9.27. The maximum atomic E-state index is 11.9. The maximum Gasteiger partial charge on any atom is 0.271 e. The number of nitriles is 1. The molecule has 86 valence electrons. The fourth-order valence-electron chi connectivity index (χ4n) is 1.70. The van der Waals surface area contributed by atoms with E-state index in [9.17, 15) is 9.59 Å². The summed E-state index contributed by atoms with van der Waals surface area (Å²) in [6.07, 6.45) is 1.58. The smallest absolute Gasteiger partial charge is 0.271 e. The highest BCUT2D eigenvalue weighted by Gasteiger charge is 2.31. The highest BCUT2D eigenvalue weighted by molar-refractivity contribution is 6.10. The molecule has 2 rings (SSSR count).